The third-order valence-electron chi connectivity index (χ3n) is 3.61. The molecule has 0 atom stereocenters. The van der Waals surface area contributed by atoms with Crippen LogP contribution >= 0.6 is 0 Å². The Morgan fingerprint density at radius 1 is 1.30 bits per heavy atom. The van der Waals surface area contributed by atoms with E-state index < -0.39 is 0 Å². The molecule has 1 saturated heterocycles. The maximum Gasteiger partial charge on any atom is 0.191 e. The van der Waals surface area contributed by atoms with E-state index in [9.17, 15) is 0 Å². The monoisotopic (exact) mass is 278 g/mol. The Hall–Kier alpha value is -1.56. The van der Waals surface area contributed by atoms with Gasteiger partial charge in [-0.25, -0.2) is 0 Å². The number of aromatic nitrogens is 2. The van der Waals surface area contributed by atoms with E-state index >= 15 is 0 Å². The van der Waals surface area contributed by atoms with Gasteiger partial charge in [0.15, 0.2) is 5.96 Å². The minimum atomic E-state index is 0.747. The topological polar surface area (TPSA) is 57.5 Å². The molecule has 6 heteroatoms. The Balaban J connectivity index is 1.64. The van der Waals surface area contributed by atoms with Crippen molar-refractivity contribution < 1.29 is 0 Å². The number of piperidine rings is 1. The molecule has 0 amide bonds. The molecule has 1 aromatic heterocycles. The van der Waals surface area contributed by atoms with Crippen molar-refractivity contribution in [2.24, 2.45) is 12.0 Å². The summed E-state index contributed by atoms with van der Waals surface area (Å²) in [6, 6.07) is 0. The van der Waals surface area contributed by atoms with E-state index in [1.807, 2.05) is 24.1 Å². The Morgan fingerprint density at radius 3 is 2.75 bits per heavy atom. The first-order chi connectivity index (χ1) is 9.78. The number of hydrogen-bond donors (Lipinski definition) is 2. The van der Waals surface area contributed by atoms with E-state index in [0.29, 0.717) is 0 Å². The van der Waals surface area contributed by atoms with Crippen LogP contribution in [0, 0.1) is 0 Å². The van der Waals surface area contributed by atoms with Crippen LogP contribution in [-0.2, 0) is 13.6 Å². The molecule has 6 nitrogen and oxygen atoms in total. The van der Waals surface area contributed by atoms with Gasteiger partial charge < -0.3 is 15.5 Å². The van der Waals surface area contributed by atoms with Gasteiger partial charge in [0.05, 0.1) is 6.20 Å². The second-order valence-corrected chi connectivity index (χ2v) is 5.28. The van der Waals surface area contributed by atoms with Gasteiger partial charge in [-0.3, -0.25) is 9.67 Å². The molecule has 0 unspecified atom stereocenters. The fourth-order valence-electron chi connectivity index (χ4n) is 2.48. The van der Waals surface area contributed by atoms with Crippen LogP contribution < -0.4 is 10.6 Å². The first-order valence-electron chi connectivity index (χ1n) is 7.42. The smallest absolute Gasteiger partial charge is 0.191 e. The third kappa shape index (κ3) is 4.85. The maximum atomic E-state index is 4.24. The molecular weight excluding hydrogens is 252 g/mol. The Kier molecular flexibility index (Phi) is 5.86. The highest BCUT2D eigenvalue weighted by Gasteiger charge is 2.09. The van der Waals surface area contributed by atoms with Gasteiger partial charge in [-0.15, -0.1) is 0 Å². The first kappa shape index (κ1) is 14.8. The average Bonchev–Trinajstić information content (AvgIpc) is 2.89. The Labute approximate surface area is 121 Å². The minimum absolute atomic E-state index is 0.747. The molecule has 1 aliphatic heterocycles. The van der Waals surface area contributed by atoms with E-state index in [-0.39, 0.29) is 0 Å². The molecular formula is C14H26N6. The van der Waals surface area contributed by atoms with Gasteiger partial charge in [-0.1, -0.05) is 6.42 Å². The highest BCUT2D eigenvalue weighted by molar-refractivity contribution is 5.79. The summed E-state index contributed by atoms with van der Waals surface area (Å²) < 4.78 is 1.81. The van der Waals surface area contributed by atoms with Crippen LogP contribution in [0.4, 0.5) is 0 Å². The number of aliphatic imine (C=N–C) groups is 1. The molecule has 2 heterocycles. The molecule has 1 aliphatic rings. The fourth-order valence-corrected chi connectivity index (χ4v) is 2.48. The van der Waals surface area contributed by atoms with E-state index in [4.69, 9.17) is 0 Å². The van der Waals surface area contributed by atoms with Crippen LogP contribution in [-0.4, -0.2) is 53.9 Å². The van der Waals surface area contributed by atoms with Crippen molar-refractivity contribution in [1.82, 2.24) is 25.3 Å². The van der Waals surface area contributed by atoms with Crippen molar-refractivity contribution in [3.63, 3.8) is 0 Å². The zero-order chi connectivity index (χ0) is 14.2. The SMILES string of the molecule is CN=C(NCCN1CCCCC1)NCc1cnn(C)c1. The van der Waals surface area contributed by atoms with Gasteiger partial charge in [0, 0.05) is 45.5 Å². The molecule has 0 saturated carbocycles. The summed E-state index contributed by atoms with van der Waals surface area (Å²) in [6.45, 7) is 5.25. The summed E-state index contributed by atoms with van der Waals surface area (Å²) in [5.74, 6) is 0.853. The van der Waals surface area contributed by atoms with Gasteiger partial charge in [0.1, 0.15) is 0 Å². The highest BCUT2D eigenvalue weighted by atomic mass is 15.2. The van der Waals surface area contributed by atoms with Crippen LogP contribution in [0.1, 0.15) is 24.8 Å². The number of guanidine groups is 1. The number of aryl methyl sites for hydroxylation is 1. The molecule has 0 spiro atoms. The molecule has 20 heavy (non-hydrogen) atoms. The maximum absolute atomic E-state index is 4.24. The lowest BCUT2D eigenvalue weighted by atomic mass is 10.1. The normalized spacial score (nSPS) is 17.2. The second-order valence-electron chi connectivity index (χ2n) is 5.28. The van der Waals surface area contributed by atoms with Gasteiger partial charge in [-0.2, -0.15) is 5.10 Å². The van der Waals surface area contributed by atoms with Gasteiger partial charge in [0.2, 0.25) is 0 Å². The molecule has 1 aromatic rings. The van der Waals surface area contributed by atoms with Gasteiger partial charge in [0.25, 0.3) is 0 Å². The fraction of sp³-hybridized carbons (Fsp3) is 0.714. The first-order valence-corrected chi connectivity index (χ1v) is 7.42. The summed E-state index contributed by atoms with van der Waals surface area (Å²) in [6.07, 6.45) is 7.95. The molecule has 0 aromatic carbocycles. The van der Waals surface area contributed by atoms with Crippen LogP contribution in [0.3, 0.4) is 0 Å². The van der Waals surface area contributed by atoms with Crippen molar-refractivity contribution in [2.75, 3.05) is 33.2 Å². The zero-order valence-corrected chi connectivity index (χ0v) is 12.6. The van der Waals surface area contributed by atoms with Crippen molar-refractivity contribution >= 4 is 5.96 Å². The predicted molar refractivity (Wildman–Crippen MR) is 81.7 cm³/mol. The molecule has 0 aliphatic carbocycles. The van der Waals surface area contributed by atoms with E-state index in [1.54, 1.807) is 7.05 Å². The molecule has 0 radical (unpaired) electrons. The van der Waals surface area contributed by atoms with E-state index in [2.05, 4.69) is 25.6 Å². The summed E-state index contributed by atoms with van der Waals surface area (Å²) in [5.41, 5.74) is 1.16. The molecule has 2 N–H and O–H groups in total. The Bertz CT molecular complexity index is 419. The lowest BCUT2D eigenvalue weighted by molar-refractivity contribution is 0.232. The van der Waals surface area contributed by atoms with Crippen molar-refractivity contribution in [3.8, 4) is 0 Å². The second kappa shape index (κ2) is 7.89. The molecule has 1 fully saturated rings. The predicted octanol–water partition coefficient (Wildman–Crippen LogP) is 0.571. The number of nitrogens with one attached hydrogen (secondary N) is 2. The highest BCUT2D eigenvalue weighted by Crippen LogP contribution is 2.07. The average molecular weight is 278 g/mol. The summed E-state index contributed by atoms with van der Waals surface area (Å²) in [4.78, 5) is 6.76. The molecule has 112 valence electrons. The summed E-state index contributed by atoms with van der Waals surface area (Å²) >= 11 is 0. The summed E-state index contributed by atoms with van der Waals surface area (Å²) in [7, 11) is 3.73. The van der Waals surface area contributed by atoms with Crippen LogP contribution in [0.2, 0.25) is 0 Å². The third-order valence-corrected chi connectivity index (χ3v) is 3.61. The standard InChI is InChI=1S/C14H26N6/c1-15-14(17-10-13-11-18-19(2)12-13)16-6-9-20-7-4-3-5-8-20/h11-12H,3-10H2,1-2H3,(H2,15,16,17). The van der Waals surface area contributed by atoms with Crippen LogP contribution in [0.5, 0.6) is 0 Å². The minimum Gasteiger partial charge on any atom is -0.355 e. The van der Waals surface area contributed by atoms with Crippen molar-refractivity contribution in [3.05, 3.63) is 18.0 Å². The van der Waals surface area contributed by atoms with Gasteiger partial charge >= 0.3 is 0 Å². The van der Waals surface area contributed by atoms with E-state index in [0.717, 1.165) is 31.2 Å². The zero-order valence-electron chi connectivity index (χ0n) is 12.6. The molecule has 2 rings (SSSR count). The summed E-state index contributed by atoms with van der Waals surface area (Å²) in [5, 5.41) is 10.8. The van der Waals surface area contributed by atoms with Crippen molar-refractivity contribution in [1.29, 1.82) is 0 Å². The van der Waals surface area contributed by atoms with E-state index in [1.165, 1.54) is 32.4 Å². The van der Waals surface area contributed by atoms with Gasteiger partial charge in [-0.05, 0) is 25.9 Å². The number of hydrogen-bond acceptors (Lipinski definition) is 3. The lowest BCUT2D eigenvalue weighted by Gasteiger charge is -2.26. The molecule has 0 bridgehead atoms. The van der Waals surface area contributed by atoms with Crippen LogP contribution in [0.15, 0.2) is 17.4 Å². The quantitative estimate of drug-likeness (QED) is 0.611. The number of rotatable bonds is 5. The van der Waals surface area contributed by atoms with Crippen LogP contribution in [0.25, 0.3) is 0 Å². The Morgan fingerprint density at radius 2 is 2.10 bits per heavy atom. The number of nitrogens with zero attached hydrogens (tertiary/aromatic N) is 4. The number of likely N-dealkylation sites (tertiary alicyclic amines) is 1. The largest absolute Gasteiger partial charge is 0.355 e. The lowest BCUT2D eigenvalue weighted by Crippen LogP contribution is -2.42. The van der Waals surface area contributed by atoms with Crippen molar-refractivity contribution in [2.45, 2.75) is 25.8 Å².